The van der Waals surface area contributed by atoms with Crippen molar-refractivity contribution in [1.82, 2.24) is 9.47 Å². The Balaban J connectivity index is 2.26. The highest BCUT2D eigenvalue weighted by atomic mass is 32.2. The number of thioether (sulfide) groups is 1. The molecular weight excluding hydrogens is 340 g/mol. The van der Waals surface area contributed by atoms with E-state index in [0.29, 0.717) is 0 Å². The second-order valence-corrected chi connectivity index (χ2v) is 6.52. The number of hydrogen-bond donors (Lipinski definition) is 0. The number of aromatic nitrogens is 1. The zero-order valence-corrected chi connectivity index (χ0v) is 13.7. The van der Waals surface area contributed by atoms with Gasteiger partial charge in [0, 0.05) is 24.9 Å². The van der Waals surface area contributed by atoms with Crippen LogP contribution in [0.25, 0.3) is 6.08 Å². The third-order valence-corrected chi connectivity index (χ3v) is 4.62. The van der Waals surface area contributed by atoms with E-state index >= 15 is 0 Å². The second kappa shape index (κ2) is 6.97. The van der Waals surface area contributed by atoms with Gasteiger partial charge in [0.05, 0.1) is 16.9 Å². The van der Waals surface area contributed by atoms with Gasteiger partial charge in [-0.15, -0.1) is 0 Å². The predicted molar refractivity (Wildman–Crippen MR) is 83.5 cm³/mol. The third kappa shape index (κ3) is 3.80. The van der Waals surface area contributed by atoms with E-state index in [4.69, 9.17) is 12.2 Å². The fourth-order valence-electron chi connectivity index (χ4n) is 2.11. The standard InChI is InChI=1S/C14H14N2O5S2/c1-15-6-2-3-8(15)7-10-12(19)16(14(22)23-10)9(13(20)21)4-5-11(17)18/h2-3,6-7,9H,4-5H2,1H3,(H,17,18)(H,20,21)/p-2/b10-7-/t9-/m1/s1. The van der Waals surface area contributed by atoms with Crippen molar-refractivity contribution in [3.63, 3.8) is 0 Å². The van der Waals surface area contributed by atoms with E-state index in [1.807, 2.05) is 0 Å². The van der Waals surface area contributed by atoms with E-state index in [-0.39, 0.29) is 15.6 Å². The van der Waals surface area contributed by atoms with Crippen molar-refractivity contribution in [2.24, 2.45) is 7.05 Å². The zero-order valence-electron chi connectivity index (χ0n) is 12.1. The fourth-order valence-corrected chi connectivity index (χ4v) is 3.46. The summed E-state index contributed by atoms with van der Waals surface area (Å²) in [5.74, 6) is -3.53. The molecule has 1 amide bonds. The van der Waals surface area contributed by atoms with Gasteiger partial charge in [0.1, 0.15) is 4.32 Å². The van der Waals surface area contributed by atoms with Gasteiger partial charge in [-0.2, -0.15) is 0 Å². The van der Waals surface area contributed by atoms with Crippen LogP contribution in [0.5, 0.6) is 0 Å². The molecule has 1 atom stereocenters. The van der Waals surface area contributed by atoms with E-state index in [0.717, 1.165) is 22.4 Å². The molecule has 7 nitrogen and oxygen atoms in total. The van der Waals surface area contributed by atoms with Gasteiger partial charge in [0.15, 0.2) is 0 Å². The third-order valence-electron chi connectivity index (χ3n) is 3.29. The lowest BCUT2D eigenvalue weighted by molar-refractivity contribution is -0.311. The lowest BCUT2D eigenvalue weighted by Gasteiger charge is -2.27. The molecule has 2 heterocycles. The maximum absolute atomic E-state index is 12.4. The summed E-state index contributed by atoms with van der Waals surface area (Å²) in [5, 5.41) is 21.8. The minimum atomic E-state index is -1.55. The highest BCUT2D eigenvalue weighted by Gasteiger charge is 2.37. The SMILES string of the molecule is Cn1cccc1/C=C1\SC(=S)N([C@H](CCC(=O)[O-])C(=O)[O-])C1=O. The molecule has 2 rings (SSSR count). The smallest absolute Gasteiger partial charge is 0.266 e. The van der Waals surface area contributed by atoms with Crippen molar-refractivity contribution in [3.8, 4) is 0 Å². The minimum absolute atomic E-state index is 0.0583. The number of hydrogen-bond acceptors (Lipinski definition) is 7. The average Bonchev–Trinajstić information content (AvgIpc) is 2.97. The summed E-state index contributed by atoms with van der Waals surface area (Å²) in [7, 11) is 1.80. The molecule has 1 aliphatic heterocycles. The minimum Gasteiger partial charge on any atom is -0.550 e. The predicted octanol–water partition coefficient (Wildman–Crippen LogP) is -1.13. The maximum atomic E-state index is 12.4. The molecule has 23 heavy (non-hydrogen) atoms. The summed E-state index contributed by atoms with van der Waals surface area (Å²) in [6.45, 7) is 0. The van der Waals surface area contributed by atoms with Crippen LogP contribution in [0, 0.1) is 0 Å². The van der Waals surface area contributed by atoms with E-state index in [1.165, 1.54) is 0 Å². The van der Waals surface area contributed by atoms with Crippen LogP contribution < -0.4 is 10.2 Å². The van der Waals surface area contributed by atoms with E-state index in [2.05, 4.69) is 0 Å². The Labute approximate surface area is 141 Å². The number of nitrogens with zero attached hydrogens (tertiary/aromatic N) is 2. The molecular formula is C14H12N2O5S2-2. The number of carboxylic acids is 2. The molecule has 0 spiro atoms. The quantitative estimate of drug-likeness (QED) is 0.471. The molecule has 0 aromatic carbocycles. The Morgan fingerprint density at radius 1 is 1.43 bits per heavy atom. The van der Waals surface area contributed by atoms with Crippen molar-refractivity contribution in [2.45, 2.75) is 18.9 Å². The fraction of sp³-hybridized carbons (Fsp3) is 0.286. The molecule has 1 aromatic heterocycles. The average molecular weight is 352 g/mol. The summed E-state index contributed by atoms with van der Waals surface area (Å²) < 4.78 is 1.85. The van der Waals surface area contributed by atoms with E-state index in [9.17, 15) is 24.6 Å². The van der Waals surface area contributed by atoms with Gasteiger partial charge in [-0.3, -0.25) is 9.69 Å². The number of amides is 1. The van der Waals surface area contributed by atoms with Gasteiger partial charge in [-0.25, -0.2) is 0 Å². The molecule has 0 bridgehead atoms. The molecule has 0 N–H and O–H groups in total. The Morgan fingerprint density at radius 3 is 2.65 bits per heavy atom. The normalized spacial score (nSPS) is 17.8. The van der Waals surface area contributed by atoms with Gasteiger partial charge in [0.2, 0.25) is 0 Å². The van der Waals surface area contributed by atoms with Crippen LogP contribution in [-0.2, 0) is 21.4 Å². The number of thiocarbonyl (C=S) groups is 1. The Kier molecular flexibility index (Phi) is 5.22. The van der Waals surface area contributed by atoms with E-state index < -0.39 is 30.3 Å². The Hall–Kier alpha value is -2.13. The highest BCUT2D eigenvalue weighted by molar-refractivity contribution is 8.26. The number of aryl methyl sites for hydroxylation is 1. The molecule has 9 heteroatoms. The first-order chi connectivity index (χ1) is 10.8. The molecule has 0 radical (unpaired) electrons. The first-order valence-electron chi connectivity index (χ1n) is 6.60. The van der Waals surface area contributed by atoms with Gasteiger partial charge >= 0.3 is 0 Å². The summed E-state index contributed by atoms with van der Waals surface area (Å²) in [4.78, 5) is 35.4. The molecule has 1 aliphatic rings. The van der Waals surface area contributed by atoms with Crippen LogP contribution in [0.4, 0.5) is 0 Å². The number of aliphatic carboxylic acids is 2. The first-order valence-corrected chi connectivity index (χ1v) is 7.83. The number of carbonyl (C=O) groups is 3. The highest BCUT2D eigenvalue weighted by Crippen LogP contribution is 2.34. The largest absolute Gasteiger partial charge is 0.550 e. The molecule has 0 saturated carbocycles. The van der Waals surface area contributed by atoms with Crippen molar-refractivity contribution in [2.75, 3.05) is 0 Å². The van der Waals surface area contributed by atoms with Crippen molar-refractivity contribution < 1.29 is 24.6 Å². The molecule has 0 unspecified atom stereocenters. The van der Waals surface area contributed by atoms with Crippen LogP contribution in [0.1, 0.15) is 18.5 Å². The zero-order chi connectivity index (χ0) is 17.1. The van der Waals surface area contributed by atoms with Crippen LogP contribution in [0.3, 0.4) is 0 Å². The molecule has 1 saturated heterocycles. The summed E-state index contributed by atoms with van der Waals surface area (Å²) >= 11 is 6.03. The van der Waals surface area contributed by atoms with Crippen molar-refractivity contribution in [3.05, 3.63) is 28.9 Å². The van der Waals surface area contributed by atoms with Crippen molar-refractivity contribution in [1.29, 1.82) is 0 Å². The lowest BCUT2D eigenvalue weighted by atomic mass is 10.1. The van der Waals surface area contributed by atoms with Gasteiger partial charge in [-0.05, 0) is 31.1 Å². The molecule has 1 aromatic rings. The van der Waals surface area contributed by atoms with E-state index in [1.54, 1.807) is 36.0 Å². The number of carbonyl (C=O) groups excluding carboxylic acids is 3. The first kappa shape index (κ1) is 17.2. The van der Waals surface area contributed by atoms with Gasteiger partial charge in [-0.1, -0.05) is 24.0 Å². The number of rotatable bonds is 6. The monoisotopic (exact) mass is 352 g/mol. The lowest BCUT2D eigenvalue weighted by Crippen LogP contribution is -2.50. The van der Waals surface area contributed by atoms with Crippen LogP contribution in [-0.4, -0.2) is 37.7 Å². The summed E-state index contributed by atoms with van der Waals surface area (Å²) in [6.07, 6.45) is 2.57. The Morgan fingerprint density at radius 2 is 2.13 bits per heavy atom. The van der Waals surface area contributed by atoms with Crippen LogP contribution in [0.15, 0.2) is 23.2 Å². The molecule has 0 aliphatic carbocycles. The molecule has 122 valence electrons. The van der Waals surface area contributed by atoms with Crippen LogP contribution in [0.2, 0.25) is 0 Å². The van der Waals surface area contributed by atoms with Crippen molar-refractivity contribution >= 4 is 52.2 Å². The Bertz CT molecular complexity index is 710. The number of carboxylic acid groups (broad SMARTS) is 2. The second-order valence-electron chi connectivity index (χ2n) is 4.84. The summed E-state index contributed by atoms with van der Waals surface area (Å²) in [6, 6.07) is 2.16. The molecule has 1 fully saturated rings. The van der Waals surface area contributed by atoms with Gasteiger partial charge < -0.3 is 24.4 Å². The maximum Gasteiger partial charge on any atom is 0.266 e. The van der Waals surface area contributed by atoms with Gasteiger partial charge in [0.25, 0.3) is 5.91 Å². The summed E-state index contributed by atoms with van der Waals surface area (Å²) in [5.41, 5.74) is 0.755. The topological polar surface area (TPSA) is 106 Å². The van der Waals surface area contributed by atoms with Crippen LogP contribution >= 0.6 is 24.0 Å².